The van der Waals surface area contributed by atoms with Crippen LogP contribution >= 0.6 is 11.6 Å². The SMILES string of the molecule is O=C1NC(=O)C2CC(Cl)=CC=C2O1. The second-order valence-corrected chi connectivity index (χ2v) is 3.30. The summed E-state index contributed by atoms with van der Waals surface area (Å²) in [6.07, 6.45) is 2.85. The highest BCUT2D eigenvalue weighted by Gasteiger charge is 2.34. The molecule has 1 aliphatic carbocycles. The molecule has 0 aromatic carbocycles. The van der Waals surface area contributed by atoms with E-state index in [1.165, 1.54) is 0 Å². The van der Waals surface area contributed by atoms with E-state index in [4.69, 9.17) is 16.3 Å². The molecule has 4 nitrogen and oxygen atoms in total. The van der Waals surface area contributed by atoms with Gasteiger partial charge in [-0.25, -0.2) is 4.79 Å². The summed E-state index contributed by atoms with van der Waals surface area (Å²) in [6.45, 7) is 0. The number of alkyl carbamates (subject to hydrolysis) is 1. The number of rotatable bonds is 0. The van der Waals surface area contributed by atoms with Gasteiger partial charge in [0.05, 0.1) is 0 Å². The van der Waals surface area contributed by atoms with Crippen molar-refractivity contribution >= 4 is 23.6 Å². The van der Waals surface area contributed by atoms with Crippen LogP contribution in [0, 0.1) is 5.92 Å². The van der Waals surface area contributed by atoms with E-state index in [1.54, 1.807) is 12.2 Å². The van der Waals surface area contributed by atoms with Crippen molar-refractivity contribution < 1.29 is 14.3 Å². The zero-order valence-electron chi connectivity index (χ0n) is 6.54. The average molecular weight is 200 g/mol. The lowest BCUT2D eigenvalue weighted by Gasteiger charge is -2.25. The van der Waals surface area contributed by atoms with Crippen LogP contribution < -0.4 is 5.32 Å². The molecule has 0 saturated carbocycles. The summed E-state index contributed by atoms with van der Waals surface area (Å²) in [6, 6.07) is 0. The van der Waals surface area contributed by atoms with Crippen LogP contribution in [0.5, 0.6) is 0 Å². The number of carbonyl (C=O) groups is 2. The van der Waals surface area contributed by atoms with E-state index in [0.29, 0.717) is 17.2 Å². The largest absolute Gasteiger partial charge is 0.419 e. The van der Waals surface area contributed by atoms with Gasteiger partial charge < -0.3 is 4.74 Å². The van der Waals surface area contributed by atoms with Gasteiger partial charge in [0.25, 0.3) is 0 Å². The Labute approximate surface area is 79.2 Å². The number of amides is 2. The lowest BCUT2D eigenvalue weighted by Crippen LogP contribution is -2.43. The van der Waals surface area contributed by atoms with Crippen molar-refractivity contribution in [3.05, 3.63) is 22.9 Å². The van der Waals surface area contributed by atoms with E-state index in [0.717, 1.165) is 0 Å². The number of fused-ring (bicyclic) bond motifs is 1. The molecule has 1 aliphatic heterocycles. The molecule has 68 valence electrons. The molecular weight excluding hydrogens is 194 g/mol. The van der Waals surface area contributed by atoms with Crippen molar-refractivity contribution in [1.82, 2.24) is 5.32 Å². The first-order valence-electron chi connectivity index (χ1n) is 3.76. The third-order valence-electron chi connectivity index (χ3n) is 1.92. The molecule has 5 heteroatoms. The highest BCUT2D eigenvalue weighted by molar-refractivity contribution is 6.30. The molecule has 1 N–H and O–H groups in total. The van der Waals surface area contributed by atoms with Gasteiger partial charge in [0, 0.05) is 11.5 Å². The summed E-state index contributed by atoms with van der Waals surface area (Å²) in [4.78, 5) is 22.0. The first kappa shape index (κ1) is 8.31. The van der Waals surface area contributed by atoms with Crippen LogP contribution in [0.15, 0.2) is 22.9 Å². The Bertz CT molecular complexity index is 345. The molecule has 0 spiro atoms. The van der Waals surface area contributed by atoms with Gasteiger partial charge in [0.2, 0.25) is 5.91 Å². The van der Waals surface area contributed by atoms with Crippen molar-refractivity contribution in [3.8, 4) is 0 Å². The number of ether oxygens (including phenoxy) is 1. The molecule has 2 rings (SSSR count). The third-order valence-corrected chi connectivity index (χ3v) is 2.20. The van der Waals surface area contributed by atoms with E-state index in [1.807, 2.05) is 0 Å². The third kappa shape index (κ3) is 1.45. The minimum atomic E-state index is -0.723. The fraction of sp³-hybridized carbons (Fsp3) is 0.250. The number of hydrogen-bond acceptors (Lipinski definition) is 3. The number of nitrogens with one attached hydrogen (secondary N) is 1. The summed E-state index contributed by atoms with van der Waals surface area (Å²) >= 11 is 5.73. The number of carbonyl (C=O) groups excluding carboxylic acids is 2. The van der Waals surface area contributed by atoms with E-state index in [-0.39, 0.29) is 5.91 Å². The van der Waals surface area contributed by atoms with Gasteiger partial charge in [-0.05, 0) is 12.2 Å². The zero-order chi connectivity index (χ0) is 9.42. The Morgan fingerprint density at radius 1 is 1.46 bits per heavy atom. The van der Waals surface area contributed by atoms with Crippen LogP contribution in [0.25, 0.3) is 0 Å². The number of allylic oxidation sites excluding steroid dienone is 3. The Hall–Kier alpha value is -1.29. The van der Waals surface area contributed by atoms with Crippen LogP contribution in [0.3, 0.4) is 0 Å². The highest BCUT2D eigenvalue weighted by atomic mass is 35.5. The minimum absolute atomic E-state index is 0.353. The summed E-state index contributed by atoms with van der Waals surface area (Å²) in [5.74, 6) is -0.429. The lowest BCUT2D eigenvalue weighted by molar-refractivity contribution is -0.125. The fourth-order valence-electron chi connectivity index (χ4n) is 1.30. The summed E-state index contributed by atoms with van der Waals surface area (Å²) in [7, 11) is 0. The number of imide groups is 1. The Balaban J connectivity index is 2.31. The van der Waals surface area contributed by atoms with Gasteiger partial charge in [0.1, 0.15) is 11.7 Å². The fourth-order valence-corrected chi connectivity index (χ4v) is 1.52. The molecule has 1 saturated heterocycles. The molecule has 1 heterocycles. The highest BCUT2D eigenvalue weighted by Crippen LogP contribution is 2.30. The topological polar surface area (TPSA) is 55.4 Å². The van der Waals surface area contributed by atoms with Gasteiger partial charge in [-0.1, -0.05) is 11.6 Å². The normalized spacial score (nSPS) is 26.7. The van der Waals surface area contributed by atoms with Crippen LogP contribution in [0.4, 0.5) is 4.79 Å². The predicted molar refractivity (Wildman–Crippen MR) is 44.7 cm³/mol. The van der Waals surface area contributed by atoms with Crippen molar-refractivity contribution in [2.75, 3.05) is 0 Å². The van der Waals surface area contributed by atoms with Crippen molar-refractivity contribution in [3.63, 3.8) is 0 Å². The standard InChI is InChI=1S/C8H6ClNO3/c9-4-1-2-6-5(3-4)7(11)10-8(12)13-6/h1-2,5H,3H2,(H,10,11,12). The molecule has 2 aliphatic rings. The average Bonchev–Trinajstić information content (AvgIpc) is 2.06. The Morgan fingerprint density at radius 2 is 2.23 bits per heavy atom. The zero-order valence-corrected chi connectivity index (χ0v) is 7.30. The molecule has 0 radical (unpaired) electrons. The minimum Gasteiger partial charge on any atom is -0.414 e. The van der Waals surface area contributed by atoms with Gasteiger partial charge in [-0.2, -0.15) is 0 Å². The number of hydrogen-bond donors (Lipinski definition) is 1. The van der Waals surface area contributed by atoms with Gasteiger partial charge >= 0.3 is 6.09 Å². The van der Waals surface area contributed by atoms with Crippen molar-refractivity contribution in [2.24, 2.45) is 5.92 Å². The number of halogens is 1. The van der Waals surface area contributed by atoms with Crippen LogP contribution in [0.2, 0.25) is 0 Å². The summed E-state index contributed by atoms with van der Waals surface area (Å²) < 4.78 is 4.80. The predicted octanol–water partition coefficient (Wildman–Crippen LogP) is 1.28. The summed E-state index contributed by atoms with van der Waals surface area (Å²) in [5, 5.41) is 2.66. The monoisotopic (exact) mass is 199 g/mol. The lowest BCUT2D eigenvalue weighted by atomic mass is 9.96. The van der Waals surface area contributed by atoms with Crippen LogP contribution in [0.1, 0.15) is 6.42 Å². The second-order valence-electron chi connectivity index (χ2n) is 2.82. The molecular formula is C8H6ClNO3. The van der Waals surface area contributed by atoms with E-state index in [9.17, 15) is 9.59 Å². The first-order valence-corrected chi connectivity index (χ1v) is 4.13. The Kier molecular flexibility index (Phi) is 1.84. The van der Waals surface area contributed by atoms with Gasteiger partial charge in [-0.15, -0.1) is 0 Å². The van der Waals surface area contributed by atoms with Crippen molar-refractivity contribution in [1.29, 1.82) is 0 Å². The maximum Gasteiger partial charge on any atom is 0.419 e. The molecule has 1 unspecified atom stereocenters. The molecule has 1 atom stereocenters. The van der Waals surface area contributed by atoms with E-state index < -0.39 is 12.0 Å². The van der Waals surface area contributed by atoms with Crippen molar-refractivity contribution in [2.45, 2.75) is 6.42 Å². The first-order chi connectivity index (χ1) is 6.16. The van der Waals surface area contributed by atoms with E-state index >= 15 is 0 Å². The maximum absolute atomic E-state index is 11.2. The quantitative estimate of drug-likeness (QED) is 0.640. The second kappa shape index (κ2) is 2.88. The molecule has 13 heavy (non-hydrogen) atoms. The van der Waals surface area contributed by atoms with Gasteiger partial charge in [-0.3, -0.25) is 10.1 Å². The maximum atomic E-state index is 11.2. The van der Waals surface area contributed by atoms with E-state index in [2.05, 4.69) is 5.32 Å². The molecule has 2 amide bonds. The Morgan fingerprint density at radius 3 is 3.00 bits per heavy atom. The summed E-state index contributed by atoms with van der Waals surface area (Å²) in [5.41, 5.74) is 0. The molecule has 0 aromatic rings. The van der Waals surface area contributed by atoms with Crippen LogP contribution in [-0.2, 0) is 9.53 Å². The molecule has 1 fully saturated rings. The smallest absolute Gasteiger partial charge is 0.414 e. The van der Waals surface area contributed by atoms with Gasteiger partial charge in [0.15, 0.2) is 0 Å². The molecule has 0 bridgehead atoms. The molecule has 0 aromatic heterocycles. The van der Waals surface area contributed by atoms with Crippen LogP contribution in [-0.4, -0.2) is 12.0 Å².